The molecule has 1 aromatic carbocycles. The van der Waals surface area contributed by atoms with Crippen LogP contribution in [0.15, 0.2) is 18.2 Å². The molecule has 5 heteroatoms. The molecular formula is C12H17NO4. The van der Waals surface area contributed by atoms with Gasteiger partial charge in [-0.1, -0.05) is 13.0 Å². The predicted molar refractivity (Wildman–Crippen MR) is 64.4 cm³/mol. The van der Waals surface area contributed by atoms with Crippen LogP contribution in [0, 0.1) is 0 Å². The van der Waals surface area contributed by atoms with Crippen LogP contribution in [0.25, 0.3) is 0 Å². The number of nitrogens with two attached hydrogens (primary N) is 1. The third kappa shape index (κ3) is 3.96. The first-order valence-corrected chi connectivity index (χ1v) is 5.49. The van der Waals surface area contributed by atoms with E-state index in [1.54, 1.807) is 12.1 Å². The van der Waals surface area contributed by atoms with Gasteiger partial charge in [-0.3, -0.25) is 0 Å². The van der Waals surface area contributed by atoms with Crippen molar-refractivity contribution in [2.75, 3.05) is 25.6 Å². The number of hydrogen-bond acceptors (Lipinski definition) is 4. The Bertz CT molecular complexity index is 379. The van der Waals surface area contributed by atoms with E-state index in [1.165, 1.54) is 6.07 Å². The van der Waals surface area contributed by atoms with Gasteiger partial charge in [-0.25, -0.2) is 4.79 Å². The van der Waals surface area contributed by atoms with Crippen LogP contribution in [0.3, 0.4) is 0 Å². The van der Waals surface area contributed by atoms with E-state index < -0.39 is 5.97 Å². The van der Waals surface area contributed by atoms with E-state index in [9.17, 15) is 4.79 Å². The molecule has 0 unspecified atom stereocenters. The first kappa shape index (κ1) is 13.3. The van der Waals surface area contributed by atoms with Gasteiger partial charge in [0, 0.05) is 6.61 Å². The molecule has 0 fully saturated rings. The third-order valence-corrected chi connectivity index (χ3v) is 2.13. The molecule has 0 saturated heterocycles. The first-order valence-electron chi connectivity index (χ1n) is 5.49. The van der Waals surface area contributed by atoms with Gasteiger partial charge in [-0.15, -0.1) is 0 Å². The zero-order chi connectivity index (χ0) is 12.7. The molecule has 0 aliphatic heterocycles. The number of carboxylic acids is 1. The molecule has 0 aliphatic rings. The lowest BCUT2D eigenvalue weighted by Crippen LogP contribution is -2.10. The van der Waals surface area contributed by atoms with Crippen LogP contribution in [0.5, 0.6) is 5.75 Å². The maximum atomic E-state index is 10.8. The van der Waals surface area contributed by atoms with Crippen LogP contribution in [-0.4, -0.2) is 30.9 Å². The summed E-state index contributed by atoms with van der Waals surface area (Å²) in [6.45, 7) is 3.53. The number of rotatable bonds is 7. The second-order valence-electron chi connectivity index (χ2n) is 3.48. The SMILES string of the molecule is CCCOCCOc1cccc(C(=O)O)c1N. The summed E-state index contributed by atoms with van der Waals surface area (Å²) in [5.41, 5.74) is 5.88. The number of anilines is 1. The van der Waals surface area contributed by atoms with E-state index >= 15 is 0 Å². The topological polar surface area (TPSA) is 81.8 Å². The first-order chi connectivity index (χ1) is 8.16. The summed E-state index contributed by atoms with van der Waals surface area (Å²) < 4.78 is 10.6. The molecule has 94 valence electrons. The number of carbonyl (C=O) groups is 1. The van der Waals surface area contributed by atoms with E-state index in [4.69, 9.17) is 20.3 Å². The summed E-state index contributed by atoms with van der Waals surface area (Å²) in [7, 11) is 0. The molecule has 1 aromatic rings. The maximum Gasteiger partial charge on any atom is 0.337 e. The Hall–Kier alpha value is -1.75. The van der Waals surface area contributed by atoms with Crippen LogP contribution < -0.4 is 10.5 Å². The lowest BCUT2D eigenvalue weighted by atomic mass is 10.1. The van der Waals surface area contributed by atoms with Crippen LogP contribution in [-0.2, 0) is 4.74 Å². The van der Waals surface area contributed by atoms with Crippen LogP contribution in [0.4, 0.5) is 5.69 Å². The van der Waals surface area contributed by atoms with Crippen molar-refractivity contribution in [1.82, 2.24) is 0 Å². The zero-order valence-corrected chi connectivity index (χ0v) is 9.81. The summed E-state index contributed by atoms with van der Waals surface area (Å²) >= 11 is 0. The molecule has 1 rings (SSSR count). The smallest absolute Gasteiger partial charge is 0.337 e. The van der Waals surface area contributed by atoms with Crippen molar-refractivity contribution in [3.63, 3.8) is 0 Å². The van der Waals surface area contributed by atoms with E-state index in [0.29, 0.717) is 25.6 Å². The Labute approximate surface area is 100 Å². The lowest BCUT2D eigenvalue weighted by Gasteiger charge is -2.10. The maximum absolute atomic E-state index is 10.8. The minimum atomic E-state index is -1.06. The average molecular weight is 239 g/mol. The Kier molecular flexibility index (Phi) is 5.29. The van der Waals surface area contributed by atoms with Crippen LogP contribution in [0.1, 0.15) is 23.7 Å². The minimum absolute atomic E-state index is 0.0528. The number of carboxylic acid groups (broad SMARTS) is 1. The standard InChI is InChI=1S/C12H17NO4/c1-2-6-16-7-8-17-10-5-3-4-9(11(10)13)12(14)15/h3-5H,2,6-8,13H2,1H3,(H,14,15). The summed E-state index contributed by atoms with van der Waals surface area (Å²) in [6, 6.07) is 4.68. The molecule has 5 nitrogen and oxygen atoms in total. The van der Waals surface area contributed by atoms with E-state index in [1.807, 2.05) is 6.92 Å². The van der Waals surface area contributed by atoms with Gasteiger partial charge in [0.05, 0.1) is 17.9 Å². The summed E-state index contributed by atoms with van der Waals surface area (Å²) in [6.07, 6.45) is 0.955. The summed E-state index contributed by atoms with van der Waals surface area (Å²) in [5, 5.41) is 8.87. The highest BCUT2D eigenvalue weighted by molar-refractivity contribution is 5.95. The van der Waals surface area contributed by atoms with Gasteiger partial charge in [-0.2, -0.15) is 0 Å². The lowest BCUT2D eigenvalue weighted by molar-refractivity contribution is 0.0697. The predicted octanol–water partition coefficient (Wildman–Crippen LogP) is 1.77. The fourth-order valence-electron chi connectivity index (χ4n) is 1.31. The summed E-state index contributed by atoms with van der Waals surface area (Å²) in [4.78, 5) is 10.8. The van der Waals surface area contributed by atoms with Crippen molar-refractivity contribution in [1.29, 1.82) is 0 Å². The van der Waals surface area contributed by atoms with Crippen molar-refractivity contribution >= 4 is 11.7 Å². The number of hydrogen-bond donors (Lipinski definition) is 2. The normalized spacial score (nSPS) is 10.2. The Morgan fingerprint density at radius 3 is 2.76 bits per heavy atom. The molecule has 3 N–H and O–H groups in total. The Morgan fingerprint density at radius 1 is 1.35 bits per heavy atom. The molecule has 0 atom stereocenters. The second-order valence-corrected chi connectivity index (χ2v) is 3.48. The minimum Gasteiger partial charge on any atom is -0.489 e. The van der Waals surface area contributed by atoms with Crippen molar-refractivity contribution in [2.45, 2.75) is 13.3 Å². The molecular weight excluding hydrogens is 222 g/mol. The van der Waals surface area contributed by atoms with Gasteiger partial charge in [0.15, 0.2) is 0 Å². The molecule has 0 spiro atoms. The molecule has 0 amide bonds. The van der Waals surface area contributed by atoms with Crippen LogP contribution >= 0.6 is 0 Å². The average Bonchev–Trinajstić information content (AvgIpc) is 2.30. The molecule has 0 aliphatic carbocycles. The van der Waals surface area contributed by atoms with Gasteiger partial charge in [0.1, 0.15) is 12.4 Å². The molecule has 0 aromatic heterocycles. The highest BCUT2D eigenvalue weighted by Crippen LogP contribution is 2.24. The van der Waals surface area contributed by atoms with Crippen LogP contribution in [0.2, 0.25) is 0 Å². The molecule has 0 saturated carbocycles. The highest BCUT2D eigenvalue weighted by atomic mass is 16.5. The fourth-order valence-corrected chi connectivity index (χ4v) is 1.31. The van der Waals surface area contributed by atoms with Crippen molar-refractivity contribution in [3.05, 3.63) is 23.8 Å². The monoisotopic (exact) mass is 239 g/mol. The largest absolute Gasteiger partial charge is 0.489 e. The molecule has 17 heavy (non-hydrogen) atoms. The number of aromatic carboxylic acids is 1. The van der Waals surface area contributed by atoms with Crippen molar-refractivity contribution < 1.29 is 19.4 Å². The third-order valence-electron chi connectivity index (χ3n) is 2.13. The fraction of sp³-hybridized carbons (Fsp3) is 0.417. The summed E-state index contributed by atoms with van der Waals surface area (Å²) in [5.74, 6) is -0.680. The number of ether oxygens (including phenoxy) is 2. The Morgan fingerprint density at radius 2 is 2.12 bits per heavy atom. The van der Waals surface area contributed by atoms with Gasteiger partial charge in [-0.05, 0) is 18.6 Å². The number of nitrogen functional groups attached to an aromatic ring is 1. The van der Waals surface area contributed by atoms with E-state index in [-0.39, 0.29) is 11.3 Å². The molecule has 0 radical (unpaired) electrons. The van der Waals surface area contributed by atoms with Gasteiger partial charge in [0.25, 0.3) is 0 Å². The van der Waals surface area contributed by atoms with Gasteiger partial charge < -0.3 is 20.3 Å². The number of benzene rings is 1. The van der Waals surface area contributed by atoms with Gasteiger partial charge in [0.2, 0.25) is 0 Å². The number of para-hydroxylation sites is 1. The quantitative estimate of drug-likeness (QED) is 0.559. The van der Waals surface area contributed by atoms with Gasteiger partial charge >= 0.3 is 5.97 Å². The van der Waals surface area contributed by atoms with Crippen molar-refractivity contribution in [3.8, 4) is 5.75 Å². The van der Waals surface area contributed by atoms with Crippen molar-refractivity contribution in [2.24, 2.45) is 0 Å². The molecule has 0 bridgehead atoms. The highest BCUT2D eigenvalue weighted by Gasteiger charge is 2.11. The zero-order valence-electron chi connectivity index (χ0n) is 9.81. The Balaban J connectivity index is 2.54. The molecule has 0 heterocycles. The van der Waals surface area contributed by atoms with E-state index in [2.05, 4.69) is 0 Å². The second kappa shape index (κ2) is 6.75. The van der Waals surface area contributed by atoms with E-state index in [0.717, 1.165) is 6.42 Å².